The predicted octanol–water partition coefficient (Wildman–Crippen LogP) is 3.36. The highest BCUT2D eigenvalue weighted by molar-refractivity contribution is 7.17. The van der Waals surface area contributed by atoms with Crippen molar-refractivity contribution in [2.75, 3.05) is 6.54 Å². The van der Waals surface area contributed by atoms with E-state index in [1.807, 2.05) is 19.2 Å². The van der Waals surface area contributed by atoms with Crippen LogP contribution in [0.25, 0.3) is 10.6 Å². The number of nitrogens with one attached hydrogen (secondary N) is 1. The topological polar surface area (TPSA) is 59.8 Å². The summed E-state index contributed by atoms with van der Waals surface area (Å²) in [5.41, 5.74) is 4.26. The Kier molecular flexibility index (Phi) is 4.76. The Morgan fingerprint density at radius 2 is 2.12 bits per heavy atom. The van der Waals surface area contributed by atoms with E-state index >= 15 is 0 Å². The summed E-state index contributed by atoms with van der Waals surface area (Å²) < 4.78 is 1.79. The van der Waals surface area contributed by atoms with Crippen LogP contribution in [0.15, 0.2) is 36.7 Å². The molecule has 3 aromatic rings. The smallest absolute Gasteiger partial charge is 0.263 e. The molecule has 5 nitrogen and oxygen atoms in total. The zero-order valence-corrected chi connectivity index (χ0v) is 14.9. The minimum Gasteiger partial charge on any atom is -0.349 e. The molecule has 0 aliphatic rings. The molecule has 1 N–H and O–H groups in total. The Morgan fingerprint density at radius 1 is 1.29 bits per heavy atom. The zero-order chi connectivity index (χ0) is 17.1. The predicted molar refractivity (Wildman–Crippen MR) is 96.3 cm³/mol. The van der Waals surface area contributed by atoms with Crippen LogP contribution in [0.3, 0.4) is 0 Å². The summed E-state index contributed by atoms with van der Waals surface area (Å²) in [5, 5.41) is 7.95. The third-order valence-corrected chi connectivity index (χ3v) is 4.99. The standard InChI is InChI=1S/C18H20N4OS/c1-12-5-6-15(13(2)11-12)18-21-14(3)16(24-18)17(23)19-8-10-22-9-4-7-20-22/h4-7,9,11H,8,10H2,1-3H3,(H,19,23). The molecule has 2 aromatic heterocycles. The molecule has 3 rings (SSSR count). The maximum absolute atomic E-state index is 12.4. The van der Waals surface area contributed by atoms with E-state index in [1.54, 1.807) is 10.9 Å². The first kappa shape index (κ1) is 16.4. The number of thiazole rings is 1. The van der Waals surface area contributed by atoms with Gasteiger partial charge in [0.1, 0.15) is 9.88 Å². The van der Waals surface area contributed by atoms with Gasteiger partial charge < -0.3 is 5.32 Å². The van der Waals surface area contributed by atoms with Gasteiger partial charge in [0.2, 0.25) is 0 Å². The van der Waals surface area contributed by atoms with Crippen LogP contribution in [0.1, 0.15) is 26.5 Å². The van der Waals surface area contributed by atoms with Gasteiger partial charge in [-0.15, -0.1) is 11.3 Å². The lowest BCUT2D eigenvalue weighted by atomic mass is 10.1. The molecule has 124 valence electrons. The molecule has 0 spiro atoms. The van der Waals surface area contributed by atoms with Crippen molar-refractivity contribution in [1.82, 2.24) is 20.1 Å². The van der Waals surface area contributed by atoms with E-state index in [4.69, 9.17) is 0 Å². The third-order valence-electron chi connectivity index (χ3n) is 3.80. The lowest BCUT2D eigenvalue weighted by Crippen LogP contribution is -2.27. The SMILES string of the molecule is Cc1ccc(-c2nc(C)c(C(=O)NCCn3cccn3)s2)c(C)c1. The van der Waals surface area contributed by atoms with Crippen molar-refractivity contribution in [1.29, 1.82) is 0 Å². The third kappa shape index (κ3) is 3.54. The number of aromatic nitrogens is 3. The summed E-state index contributed by atoms with van der Waals surface area (Å²) in [4.78, 5) is 17.7. The first-order valence-electron chi connectivity index (χ1n) is 7.85. The summed E-state index contributed by atoms with van der Waals surface area (Å²) in [6, 6.07) is 8.15. The molecular weight excluding hydrogens is 320 g/mol. The largest absolute Gasteiger partial charge is 0.349 e. The van der Waals surface area contributed by atoms with E-state index in [0.717, 1.165) is 16.3 Å². The van der Waals surface area contributed by atoms with Crippen LogP contribution in [-0.2, 0) is 6.54 Å². The maximum Gasteiger partial charge on any atom is 0.263 e. The van der Waals surface area contributed by atoms with Gasteiger partial charge in [-0.3, -0.25) is 9.48 Å². The average Bonchev–Trinajstić information content (AvgIpc) is 3.17. The fourth-order valence-corrected chi connectivity index (χ4v) is 3.65. The van der Waals surface area contributed by atoms with Crippen LogP contribution in [-0.4, -0.2) is 27.2 Å². The Balaban J connectivity index is 1.72. The van der Waals surface area contributed by atoms with Crippen LogP contribution in [0.2, 0.25) is 0 Å². The second-order valence-electron chi connectivity index (χ2n) is 5.78. The Bertz CT molecular complexity index is 852. The van der Waals surface area contributed by atoms with Crippen LogP contribution in [0.5, 0.6) is 0 Å². The summed E-state index contributed by atoms with van der Waals surface area (Å²) in [6.45, 7) is 7.22. The van der Waals surface area contributed by atoms with E-state index in [2.05, 4.69) is 47.4 Å². The van der Waals surface area contributed by atoms with E-state index in [9.17, 15) is 4.79 Å². The molecule has 0 aliphatic carbocycles. The molecule has 6 heteroatoms. The number of amides is 1. The van der Waals surface area contributed by atoms with Crippen molar-refractivity contribution < 1.29 is 4.79 Å². The number of carbonyl (C=O) groups is 1. The van der Waals surface area contributed by atoms with Gasteiger partial charge >= 0.3 is 0 Å². The van der Waals surface area contributed by atoms with Crippen molar-refractivity contribution >= 4 is 17.2 Å². The first-order chi connectivity index (χ1) is 11.5. The normalized spacial score (nSPS) is 10.8. The number of benzene rings is 1. The Morgan fingerprint density at radius 3 is 2.83 bits per heavy atom. The van der Waals surface area contributed by atoms with Crippen molar-refractivity contribution in [3.63, 3.8) is 0 Å². The molecule has 0 atom stereocenters. The molecule has 0 saturated carbocycles. The van der Waals surface area contributed by atoms with Crippen LogP contribution in [0.4, 0.5) is 0 Å². The highest BCUT2D eigenvalue weighted by atomic mass is 32.1. The molecule has 0 saturated heterocycles. The Hall–Kier alpha value is -2.47. The lowest BCUT2D eigenvalue weighted by molar-refractivity contribution is 0.0955. The molecule has 24 heavy (non-hydrogen) atoms. The van der Waals surface area contributed by atoms with E-state index in [1.165, 1.54) is 22.5 Å². The quantitative estimate of drug-likeness (QED) is 0.775. The number of rotatable bonds is 5. The van der Waals surface area contributed by atoms with Gasteiger partial charge in [-0.05, 0) is 32.4 Å². The van der Waals surface area contributed by atoms with Crippen LogP contribution < -0.4 is 5.32 Å². The molecule has 2 heterocycles. The van der Waals surface area contributed by atoms with Crippen molar-refractivity contribution in [3.8, 4) is 10.6 Å². The second kappa shape index (κ2) is 6.97. The van der Waals surface area contributed by atoms with Crippen LogP contribution in [0, 0.1) is 20.8 Å². The molecule has 0 aliphatic heterocycles. The minimum absolute atomic E-state index is 0.0758. The van der Waals surface area contributed by atoms with Gasteiger partial charge in [0.05, 0.1) is 12.2 Å². The summed E-state index contributed by atoms with van der Waals surface area (Å²) in [6.07, 6.45) is 3.60. The number of hydrogen-bond acceptors (Lipinski definition) is 4. The second-order valence-corrected chi connectivity index (χ2v) is 6.78. The van der Waals surface area contributed by atoms with Crippen molar-refractivity contribution in [3.05, 3.63) is 58.4 Å². The van der Waals surface area contributed by atoms with Gasteiger partial charge in [0.15, 0.2) is 0 Å². The van der Waals surface area contributed by atoms with Gasteiger partial charge in [-0.1, -0.05) is 23.8 Å². The van der Waals surface area contributed by atoms with Crippen molar-refractivity contribution in [2.24, 2.45) is 0 Å². The maximum atomic E-state index is 12.4. The summed E-state index contributed by atoms with van der Waals surface area (Å²) >= 11 is 1.44. The van der Waals surface area contributed by atoms with Gasteiger partial charge in [0, 0.05) is 24.5 Å². The highest BCUT2D eigenvalue weighted by Gasteiger charge is 2.16. The fourth-order valence-electron chi connectivity index (χ4n) is 2.57. The molecular formula is C18H20N4OS. The van der Waals surface area contributed by atoms with E-state index < -0.39 is 0 Å². The first-order valence-corrected chi connectivity index (χ1v) is 8.67. The number of aryl methyl sites for hydroxylation is 3. The average molecular weight is 340 g/mol. The minimum atomic E-state index is -0.0758. The fraction of sp³-hybridized carbons (Fsp3) is 0.278. The number of carbonyl (C=O) groups excluding carboxylic acids is 1. The monoisotopic (exact) mass is 340 g/mol. The van der Waals surface area contributed by atoms with E-state index in [0.29, 0.717) is 18.0 Å². The molecule has 1 aromatic carbocycles. The van der Waals surface area contributed by atoms with Gasteiger partial charge in [-0.2, -0.15) is 5.10 Å². The van der Waals surface area contributed by atoms with Gasteiger partial charge in [-0.25, -0.2) is 4.98 Å². The number of nitrogens with zero attached hydrogens (tertiary/aromatic N) is 3. The summed E-state index contributed by atoms with van der Waals surface area (Å²) in [5.74, 6) is -0.0758. The zero-order valence-electron chi connectivity index (χ0n) is 14.0. The highest BCUT2D eigenvalue weighted by Crippen LogP contribution is 2.30. The Labute approximate surface area is 145 Å². The molecule has 0 bridgehead atoms. The van der Waals surface area contributed by atoms with Crippen LogP contribution >= 0.6 is 11.3 Å². The van der Waals surface area contributed by atoms with Crippen molar-refractivity contribution in [2.45, 2.75) is 27.3 Å². The van der Waals surface area contributed by atoms with E-state index in [-0.39, 0.29) is 5.91 Å². The number of hydrogen-bond donors (Lipinski definition) is 1. The summed E-state index contributed by atoms with van der Waals surface area (Å²) in [7, 11) is 0. The molecule has 0 fully saturated rings. The molecule has 1 amide bonds. The molecule has 0 unspecified atom stereocenters. The van der Waals surface area contributed by atoms with Gasteiger partial charge in [0.25, 0.3) is 5.91 Å². The lowest BCUT2D eigenvalue weighted by Gasteiger charge is -2.04. The molecule has 0 radical (unpaired) electrons.